The number of carbonyl (C=O) groups is 15. The number of carboxylic acid groups (broad SMARTS) is 15. The van der Waals surface area contributed by atoms with Crippen LogP contribution in [0.1, 0.15) is 104 Å². The third kappa shape index (κ3) is 185. The van der Waals surface area contributed by atoms with Crippen LogP contribution in [-0.4, -0.2) is 166 Å². The van der Waals surface area contributed by atoms with E-state index in [1.807, 2.05) is 0 Å². The Morgan fingerprint density at radius 1 is 0.122 bits per heavy atom. The highest BCUT2D eigenvalue weighted by molar-refractivity contribution is 5.89. The number of hydrogen-bond acceptors (Lipinski definition) is 15. The quantitative estimate of drug-likeness (QED) is 0.0678. The van der Waals surface area contributed by atoms with Gasteiger partial charge in [0.25, 0.3) is 0 Å². The zero-order valence-corrected chi connectivity index (χ0v) is 53.4. The van der Waals surface area contributed by atoms with Crippen molar-refractivity contribution in [3.05, 3.63) is 182 Å². The monoisotopic (exact) mass is 1290 g/mol. The molecule has 0 atom stereocenters. The Morgan fingerprint density at radius 2 is 0.133 bits per heavy atom. The third-order valence-electron chi connectivity index (χ3n) is 5.48. The number of aliphatic carboxylic acids is 15. The fourth-order valence-corrected chi connectivity index (χ4v) is 0. The van der Waals surface area contributed by atoms with E-state index in [9.17, 15) is 71.9 Å². The lowest BCUT2D eigenvalue weighted by Crippen LogP contribution is -1.92. The van der Waals surface area contributed by atoms with Gasteiger partial charge in [-0.1, -0.05) is 98.7 Å². The van der Waals surface area contributed by atoms with E-state index in [1.54, 1.807) is 0 Å². The Hall–Kier alpha value is -11.9. The second-order valence-corrected chi connectivity index (χ2v) is 16.3. The molecule has 510 valence electrons. The third-order valence-corrected chi connectivity index (χ3v) is 5.48. The van der Waals surface area contributed by atoms with Crippen molar-refractivity contribution in [1.82, 2.24) is 0 Å². The molecule has 0 aliphatic heterocycles. The Labute approximate surface area is 522 Å². The minimum atomic E-state index is -0.935. The molecule has 0 fully saturated rings. The Morgan fingerprint density at radius 3 is 0.133 bits per heavy atom. The van der Waals surface area contributed by atoms with Crippen molar-refractivity contribution in [1.29, 1.82) is 0 Å². The molecule has 0 aliphatic carbocycles. The lowest BCUT2D eigenvalue weighted by atomic mass is 10.4. The molecule has 0 unspecified atom stereocenters. The molecule has 0 heterocycles. The molecule has 0 bridgehead atoms. The maximum Gasteiger partial charge on any atom is 0.330 e. The number of carboxylic acids is 15. The van der Waals surface area contributed by atoms with Crippen molar-refractivity contribution >= 4 is 89.5 Å². The molecule has 0 aromatic rings. The molecule has 90 heavy (non-hydrogen) atoms. The minimum absolute atomic E-state index is 0.176. The second-order valence-electron chi connectivity index (χ2n) is 16.3. The second kappa shape index (κ2) is 73.3. The van der Waals surface area contributed by atoms with Crippen LogP contribution in [0.15, 0.2) is 182 Å². The highest BCUT2D eigenvalue weighted by Crippen LogP contribution is 1.88. The normalized spacial score (nSPS) is 7.50. The predicted molar refractivity (Wildman–Crippen MR) is 337 cm³/mol. The first kappa shape index (κ1) is 117. The Balaban J connectivity index is -0.0000000515. The largest absolute Gasteiger partial charge is 0.478 e. The van der Waals surface area contributed by atoms with Crippen molar-refractivity contribution in [2.75, 3.05) is 0 Å². The van der Waals surface area contributed by atoms with Crippen molar-refractivity contribution in [3.63, 3.8) is 0 Å². The van der Waals surface area contributed by atoms with Crippen molar-refractivity contribution in [2.45, 2.75) is 104 Å². The first-order valence-corrected chi connectivity index (χ1v) is 23.0. The molecule has 0 radical (unpaired) electrons. The SMILES string of the molecule is C=C(C)C(=O)O.C=C(C)C(=O)O.C=C(C)C(=O)O.C=C(C)C(=O)O.C=C(C)C(=O)O.C=C(C)C(=O)O.C=C(C)C(=O)O.C=C(C)C(=O)O.C=C(C)C(=O)O.C=C(C)C(=O)O.C=C(C)C(=O)O.C=C(C)C(=O)O.C=C(C)C(=O)O.C=C(C)C(=O)O.C=C(C)C(=O)O. The van der Waals surface area contributed by atoms with Crippen LogP contribution in [0.5, 0.6) is 0 Å². The molecule has 0 spiro atoms. The maximum absolute atomic E-state index is 9.60. The molecule has 0 aromatic heterocycles. The molecule has 30 nitrogen and oxygen atoms in total. The topological polar surface area (TPSA) is 560 Å². The molecule has 0 saturated carbocycles. The summed E-state index contributed by atoms with van der Waals surface area (Å²) in [7, 11) is 0. The van der Waals surface area contributed by atoms with Gasteiger partial charge in [-0.3, -0.25) is 0 Å². The van der Waals surface area contributed by atoms with Gasteiger partial charge in [-0.25, -0.2) is 71.9 Å². The molecular weight excluding hydrogens is 1200 g/mol. The zero-order valence-electron chi connectivity index (χ0n) is 53.4. The van der Waals surface area contributed by atoms with Crippen LogP contribution in [0, 0.1) is 0 Å². The summed E-state index contributed by atoms with van der Waals surface area (Å²) in [6.07, 6.45) is 0. The first-order valence-electron chi connectivity index (χ1n) is 23.0. The summed E-state index contributed by atoms with van der Waals surface area (Å²) in [5, 5.41) is 118. The van der Waals surface area contributed by atoms with E-state index in [1.165, 1.54) is 104 Å². The molecular formula is C60H90O30. The van der Waals surface area contributed by atoms with E-state index in [0.29, 0.717) is 0 Å². The van der Waals surface area contributed by atoms with Gasteiger partial charge in [0.15, 0.2) is 0 Å². The van der Waals surface area contributed by atoms with Crippen LogP contribution in [-0.2, 0) is 71.9 Å². The maximum atomic E-state index is 9.60. The van der Waals surface area contributed by atoms with E-state index in [4.69, 9.17) is 76.6 Å². The highest BCUT2D eigenvalue weighted by Gasteiger charge is 1.97. The summed E-state index contributed by atoms with van der Waals surface area (Å²) >= 11 is 0. The summed E-state index contributed by atoms with van der Waals surface area (Å²) in [5.41, 5.74) is 2.64. The summed E-state index contributed by atoms with van der Waals surface area (Å²) in [4.78, 5) is 144. The zero-order chi connectivity index (χ0) is 77.3. The average Bonchev–Trinajstić information content (AvgIpc) is 3.36. The van der Waals surface area contributed by atoms with Gasteiger partial charge in [-0.2, -0.15) is 0 Å². The van der Waals surface area contributed by atoms with Crippen LogP contribution < -0.4 is 0 Å². The standard InChI is InChI=1S/15C4H6O2/c15*1-3(2)4(5)6/h15*1H2,2H3,(H,5,6). The summed E-state index contributed by atoms with van der Waals surface area (Å²) < 4.78 is 0. The van der Waals surface area contributed by atoms with Crippen molar-refractivity contribution < 1.29 is 149 Å². The molecule has 0 rings (SSSR count). The molecule has 0 aromatic carbocycles. The fourth-order valence-electron chi connectivity index (χ4n) is 0. The van der Waals surface area contributed by atoms with Crippen LogP contribution in [0.25, 0.3) is 0 Å². The lowest BCUT2D eigenvalue weighted by Gasteiger charge is -1.79. The number of hydrogen-bond donors (Lipinski definition) is 15. The van der Waals surface area contributed by atoms with Gasteiger partial charge in [0.2, 0.25) is 0 Å². The van der Waals surface area contributed by atoms with Crippen molar-refractivity contribution in [3.8, 4) is 0 Å². The lowest BCUT2D eigenvalue weighted by molar-refractivity contribution is -0.133. The van der Waals surface area contributed by atoms with Gasteiger partial charge in [0.05, 0.1) is 0 Å². The smallest absolute Gasteiger partial charge is 0.330 e. The summed E-state index contributed by atoms with van der Waals surface area (Å²) in [6.45, 7) is 69.0. The van der Waals surface area contributed by atoms with E-state index in [0.717, 1.165) is 0 Å². The van der Waals surface area contributed by atoms with E-state index in [2.05, 4.69) is 98.7 Å². The summed E-state index contributed by atoms with van der Waals surface area (Å²) in [5.74, 6) is -14.0. The van der Waals surface area contributed by atoms with E-state index < -0.39 is 89.5 Å². The molecule has 0 amide bonds. The summed E-state index contributed by atoms with van der Waals surface area (Å²) in [6, 6.07) is 0. The Bertz CT molecular complexity index is 1780. The van der Waals surface area contributed by atoms with Gasteiger partial charge in [-0.05, 0) is 104 Å². The van der Waals surface area contributed by atoms with Gasteiger partial charge in [0, 0.05) is 83.6 Å². The Kier molecular flexibility index (Phi) is 94.9. The first-order chi connectivity index (χ1) is 39.6. The average molecular weight is 1290 g/mol. The van der Waals surface area contributed by atoms with Gasteiger partial charge in [0.1, 0.15) is 0 Å². The van der Waals surface area contributed by atoms with Crippen LogP contribution >= 0.6 is 0 Å². The number of rotatable bonds is 15. The van der Waals surface area contributed by atoms with E-state index >= 15 is 0 Å². The van der Waals surface area contributed by atoms with Gasteiger partial charge < -0.3 is 76.6 Å². The van der Waals surface area contributed by atoms with Crippen LogP contribution in [0.3, 0.4) is 0 Å². The molecule has 0 aliphatic rings. The van der Waals surface area contributed by atoms with Gasteiger partial charge in [-0.15, -0.1) is 0 Å². The minimum Gasteiger partial charge on any atom is -0.478 e. The molecule has 30 heteroatoms. The molecule has 0 saturated heterocycles. The van der Waals surface area contributed by atoms with Crippen LogP contribution in [0.4, 0.5) is 0 Å². The van der Waals surface area contributed by atoms with Crippen LogP contribution in [0.2, 0.25) is 0 Å². The molecule has 15 N–H and O–H groups in total. The van der Waals surface area contributed by atoms with Gasteiger partial charge >= 0.3 is 89.5 Å². The predicted octanol–water partition coefficient (Wildman–Crippen LogP) is 9.71. The fraction of sp³-hybridized carbons (Fsp3) is 0.250. The van der Waals surface area contributed by atoms with Crippen molar-refractivity contribution in [2.24, 2.45) is 0 Å². The highest BCUT2D eigenvalue weighted by atomic mass is 16.4. The van der Waals surface area contributed by atoms with E-state index in [-0.39, 0.29) is 83.6 Å².